The SMILES string of the molecule is CN1CCn2c(C(=O)C(F)(F)F)ccc2C12CCN(C(=O)c1ccc(S(=O)(=O)NC3CC3)c(Cl)c1)CC2. The molecule has 3 heterocycles. The number of likely N-dealkylation sites (N-methyl/N-ethyl adjacent to an activating group) is 1. The van der Waals surface area contributed by atoms with Gasteiger partial charge < -0.3 is 9.47 Å². The standard InChI is InChI=1S/C24H26ClF3N4O4S/c1-30-12-13-32-18(21(33)24(26,27)28)5-7-20(32)23(30)8-10-31(11-9-23)22(34)15-2-6-19(17(25)14-15)37(35,36)29-16-3-4-16/h2,5-7,14,16,29H,3-4,8-13H2,1H3. The highest BCUT2D eigenvalue weighted by molar-refractivity contribution is 7.89. The average Bonchev–Trinajstić information content (AvgIpc) is 3.53. The van der Waals surface area contributed by atoms with Crippen molar-refractivity contribution >= 4 is 33.3 Å². The summed E-state index contributed by atoms with van der Waals surface area (Å²) in [4.78, 5) is 28.8. The molecular weight excluding hydrogens is 533 g/mol. The minimum absolute atomic E-state index is 0.0424. The van der Waals surface area contributed by atoms with Crippen LogP contribution in [0.5, 0.6) is 0 Å². The molecular formula is C24H26ClF3N4O4S. The number of hydrogen-bond acceptors (Lipinski definition) is 5. The first kappa shape index (κ1) is 26.2. The number of amides is 1. The molecule has 0 bridgehead atoms. The molecule has 2 aliphatic heterocycles. The highest BCUT2D eigenvalue weighted by Crippen LogP contribution is 2.42. The Morgan fingerprint density at radius 1 is 1.05 bits per heavy atom. The molecule has 8 nitrogen and oxygen atoms in total. The molecule has 1 N–H and O–H groups in total. The number of carbonyl (C=O) groups excluding carboxylic acids is 2. The maximum atomic E-state index is 13.2. The van der Waals surface area contributed by atoms with Crippen molar-refractivity contribution in [2.24, 2.45) is 0 Å². The van der Waals surface area contributed by atoms with Crippen LogP contribution in [0.3, 0.4) is 0 Å². The van der Waals surface area contributed by atoms with Crippen LogP contribution in [-0.4, -0.2) is 73.4 Å². The number of halogens is 4. The Hall–Kier alpha value is -2.41. The van der Waals surface area contributed by atoms with Gasteiger partial charge in [-0.05, 0) is 63.1 Å². The first-order valence-corrected chi connectivity index (χ1v) is 13.8. The number of benzene rings is 1. The zero-order chi connectivity index (χ0) is 26.8. The van der Waals surface area contributed by atoms with E-state index in [2.05, 4.69) is 9.62 Å². The Balaban J connectivity index is 1.33. The first-order valence-electron chi connectivity index (χ1n) is 12.0. The number of carbonyl (C=O) groups is 2. The number of ketones is 1. The Labute approximate surface area is 217 Å². The zero-order valence-corrected chi connectivity index (χ0v) is 21.6. The molecule has 1 saturated carbocycles. The number of hydrogen-bond donors (Lipinski definition) is 1. The molecule has 1 saturated heterocycles. The lowest BCUT2D eigenvalue weighted by atomic mass is 9.81. The van der Waals surface area contributed by atoms with Crippen LogP contribution in [0.15, 0.2) is 35.2 Å². The summed E-state index contributed by atoms with van der Waals surface area (Å²) in [5.74, 6) is -2.17. The number of nitrogens with zero attached hydrogens (tertiary/aromatic N) is 3. The van der Waals surface area contributed by atoms with Crippen molar-refractivity contribution in [1.82, 2.24) is 19.1 Å². The van der Waals surface area contributed by atoms with Crippen molar-refractivity contribution in [3.8, 4) is 0 Å². The number of fused-ring (bicyclic) bond motifs is 2. The third kappa shape index (κ3) is 4.68. The van der Waals surface area contributed by atoms with Crippen molar-refractivity contribution in [2.75, 3.05) is 26.7 Å². The number of piperidine rings is 1. The van der Waals surface area contributed by atoms with Crippen LogP contribution in [0.2, 0.25) is 5.02 Å². The van der Waals surface area contributed by atoms with Gasteiger partial charge in [0.1, 0.15) is 4.90 Å². The van der Waals surface area contributed by atoms with Gasteiger partial charge in [0.05, 0.1) is 16.3 Å². The second-order valence-corrected chi connectivity index (χ2v) is 12.0. The molecule has 37 heavy (non-hydrogen) atoms. The van der Waals surface area contributed by atoms with Crippen LogP contribution in [0.25, 0.3) is 0 Å². The summed E-state index contributed by atoms with van der Waals surface area (Å²) >= 11 is 6.25. The van der Waals surface area contributed by atoms with Gasteiger partial charge in [-0.1, -0.05) is 11.6 Å². The Bertz CT molecular complexity index is 1360. The second kappa shape index (κ2) is 9.11. The summed E-state index contributed by atoms with van der Waals surface area (Å²) in [6, 6.07) is 6.85. The molecule has 1 amide bonds. The summed E-state index contributed by atoms with van der Waals surface area (Å²) in [6.45, 7) is 1.40. The number of rotatable bonds is 5. The minimum Gasteiger partial charge on any atom is -0.339 e. The third-order valence-corrected chi connectivity index (χ3v) is 9.59. The summed E-state index contributed by atoms with van der Waals surface area (Å²) in [6.07, 6.45) is -2.46. The van der Waals surface area contributed by atoms with E-state index in [9.17, 15) is 31.2 Å². The van der Waals surface area contributed by atoms with Crippen LogP contribution in [0.1, 0.15) is 52.2 Å². The summed E-state index contributed by atoms with van der Waals surface area (Å²) in [5, 5.41) is -0.0424. The number of nitrogens with one attached hydrogen (secondary N) is 1. The van der Waals surface area contributed by atoms with Crippen LogP contribution in [-0.2, 0) is 22.1 Å². The topological polar surface area (TPSA) is 91.7 Å². The van der Waals surface area contributed by atoms with Crippen molar-refractivity contribution in [2.45, 2.75) is 54.9 Å². The van der Waals surface area contributed by atoms with E-state index in [1.54, 1.807) is 11.0 Å². The number of Topliss-reactive ketones (excluding diaryl/α,β-unsaturated/α-hetero) is 1. The van der Waals surface area contributed by atoms with Crippen molar-refractivity contribution in [3.63, 3.8) is 0 Å². The normalized spacial score (nSPS) is 20.2. The van der Waals surface area contributed by atoms with Crippen LogP contribution in [0, 0.1) is 0 Å². The van der Waals surface area contributed by atoms with Crippen LogP contribution in [0.4, 0.5) is 13.2 Å². The van der Waals surface area contributed by atoms with Gasteiger partial charge >= 0.3 is 6.18 Å². The molecule has 3 aliphatic rings. The maximum Gasteiger partial charge on any atom is 0.456 e. The molecule has 1 spiro atoms. The zero-order valence-electron chi connectivity index (χ0n) is 20.0. The van der Waals surface area contributed by atoms with E-state index in [0.717, 1.165) is 12.8 Å². The van der Waals surface area contributed by atoms with Gasteiger partial charge in [-0.15, -0.1) is 0 Å². The van der Waals surface area contributed by atoms with Gasteiger partial charge in [-0.3, -0.25) is 14.5 Å². The molecule has 0 unspecified atom stereocenters. The second-order valence-electron chi connectivity index (χ2n) is 9.87. The largest absolute Gasteiger partial charge is 0.456 e. The lowest BCUT2D eigenvalue weighted by Gasteiger charge is -2.50. The van der Waals surface area contributed by atoms with E-state index in [-0.39, 0.29) is 39.7 Å². The number of aromatic nitrogens is 1. The molecule has 5 rings (SSSR count). The monoisotopic (exact) mass is 558 g/mol. The van der Waals surface area contributed by atoms with E-state index < -0.39 is 27.5 Å². The lowest BCUT2D eigenvalue weighted by molar-refractivity contribution is -0.0892. The van der Waals surface area contributed by atoms with Gasteiger partial charge in [0.2, 0.25) is 10.0 Å². The number of sulfonamides is 1. The fourth-order valence-electron chi connectivity index (χ4n) is 5.35. The fourth-order valence-corrected chi connectivity index (χ4v) is 7.20. The maximum absolute atomic E-state index is 13.2. The highest BCUT2D eigenvalue weighted by atomic mass is 35.5. The highest BCUT2D eigenvalue weighted by Gasteiger charge is 2.48. The van der Waals surface area contributed by atoms with Gasteiger partial charge in [0.15, 0.2) is 0 Å². The van der Waals surface area contributed by atoms with Crippen LogP contribution >= 0.6 is 11.6 Å². The van der Waals surface area contributed by atoms with Gasteiger partial charge in [-0.2, -0.15) is 13.2 Å². The fraction of sp³-hybridized carbons (Fsp3) is 0.500. The predicted octanol–water partition coefficient (Wildman–Crippen LogP) is 3.40. The Morgan fingerprint density at radius 2 is 1.73 bits per heavy atom. The molecule has 0 radical (unpaired) electrons. The smallest absolute Gasteiger partial charge is 0.339 e. The number of alkyl halides is 3. The van der Waals surface area contributed by atoms with Crippen LogP contribution < -0.4 is 4.72 Å². The molecule has 1 aliphatic carbocycles. The third-order valence-electron chi connectivity index (χ3n) is 7.58. The molecule has 0 atom stereocenters. The molecule has 1 aromatic carbocycles. The molecule has 2 fully saturated rings. The van der Waals surface area contributed by atoms with E-state index in [4.69, 9.17) is 11.6 Å². The summed E-state index contributed by atoms with van der Waals surface area (Å²) in [5.41, 5.74) is -0.0794. The van der Waals surface area contributed by atoms with E-state index in [0.29, 0.717) is 38.2 Å². The van der Waals surface area contributed by atoms with Crippen molar-refractivity contribution in [1.29, 1.82) is 0 Å². The van der Waals surface area contributed by atoms with Crippen molar-refractivity contribution < 1.29 is 31.2 Å². The molecule has 13 heteroatoms. The van der Waals surface area contributed by atoms with Gasteiger partial charge in [0.25, 0.3) is 11.7 Å². The quantitative estimate of drug-likeness (QED) is 0.568. The molecule has 200 valence electrons. The van der Waals surface area contributed by atoms with E-state index in [1.807, 2.05) is 7.05 Å². The van der Waals surface area contributed by atoms with Crippen molar-refractivity contribution in [3.05, 3.63) is 52.3 Å². The first-order chi connectivity index (χ1) is 17.3. The number of likely N-dealkylation sites (tertiary alicyclic amines) is 1. The van der Waals surface area contributed by atoms with E-state index >= 15 is 0 Å². The van der Waals surface area contributed by atoms with Gasteiger partial charge in [0, 0.05) is 43.5 Å². The Morgan fingerprint density at radius 3 is 2.32 bits per heavy atom. The molecule has 1 aromatic heterocycles. The summed E-state index contributed by atoms with van der Waals surface area (Å²) in [7, 11) is -1.87. The minimum atomic E-state index is -4.95. The lowest BCUT2D eigenvalue weighted by Crippen LogP contribution is -2.56. The average molecular weight is 559 g/mol. The molecule has 2 aromatic rings. The van der Waals surface area contributed by atoms with Gasteiger partial charge in [-0.25, -0.2) is 13.1 Å². The predicted molar refractivity (Wildman–Crippen MR) is 129 cm³/mol. The van der Waals surface area contributed by atoms with E-state index in [1.165, 1.54) is 28.8 Å². The summed E-state index contributed by atoms with van der Waals surface area (Å²) < 4.78 is 68.4. The Kier molecular flexibility index (Phi) is 6.45.